The standard InChI is InChI=1S/C14H18O/c1-4-14(11(3)15)8-12-6-5-10(2)7-13(12)9-14/h5-7H,4,8-9H2,1-3H3. The number of Topliss-reactive ketones (excluding diaryl/α,β-unsaturated/α-hetero) is 1. The van der Waals surface area contributed by atoms with E-state index in [1.54, 1.807) is 6.92 Å². The number of benzene rings is 1. The minimum atomic E-state index is -0.101. The molecular weight excluding hydrogens is 184 g/mol. The van der Waals surface area contributed by atoms with E-state index in [0.717, 1.165) is 19.3 Å². The van der Waals surface area contributed by atoms with Crippen molar-refractivity contribution in [2.75, 3.05) is 0 Å². The second kappa shape index (κ2) is 3.48. The lowest BCUT2D eigenvalue weighted by molar-refractivity contribution is -0.126. The molecule has 0 saturated heterocycles. The molecule has 2 rings (SSSR count). The fourth-order valence-electron chi connectivity index (χ4n) is 2.63. The highest BCUT2D eigenvalue weighted by Gasteiger charge is 2.39. The van der Waals surface area contributed by atoms with Crippen LogP contribution in [0.1, 0.15) is 37.0 Å². The number of rotatable bonds is 2. The van der Waals surface area contributed by atoms with Crippen LogP contribution in [-0.4, -0.2) is 5.78 Å². The number of carbonyl (C=O) groups is 1. The first-order valence-corrected chi connectivity index (χ1v) is 5.67. The van der Waals surface area contributed by atoms with Gasteiger partial charge >= 0.3 is 0 Å². The average molecular weight is 202 g/mol. The molecule has 1 aromatic rings. The second-order valence-electron chi connectivity index (χ2n) is 4.82. The topological polar surface area (TPSA) is 17.1 Å². The van der Waals surface area contributed by atoms with Crippen molar-refractivity contribution >= 4 is 5.78 Å². The normalized spacial score (nSPS) is 23.9. The zero-order chi connectivity index (χ0) is 11.1. The lowest BCUT2D eigenvalue weighted by atomic mass is 9.78. The first-order valence-electron chi connectivity index (χ1n) is 5.67. The first-order chi connectivity index (χ1) is 7.07. The third-order valence-electron chi connectivity index (χ3n) is 3.84. The van der Waals surface area contributed by atoms with Crippen LogP contribution in [0, 0.1) is 12.3 Å². The number of hydrogen-bond acceptors (Lipinski definition) is 1. The van der Waals surface area contributed by atoms with Crippen molar-refractivity contribution in [3.8, 4) is 0 Å². The summed E-state index contributed by atoms with van der Waals surface area (Å²) in [6.07, 6.45) is 2.83. The molecular formula is C14H18O. The maximum Gasteiger partial charge on any atom is 0.136 e. The van der Waals surface area contributed by atoms with E-state index < -0.39 is 0 Å². The quantitative estimate of drug-likeness (QED) is 0.720. The molecule has 0 heterocycles. The van der Waals surface area contributed by atoms with Crippen LogP contribution in [0.2, 0.25) is 0 Å². The maximum atomic E-state index is 11.8. The van der Waals surface area contributed by atoms with E-state index in [-0.39, 0.29) is 5.41 Å². The van der Waals surface area contributed by atoms with E-state index in [2.05, 4.69) is 32.0 Å². The van der Waals surface area contributed by atoms with Gasteiger partial charge in [0.1, 0.15) is 5.78 Å². The molecule has 1 nitrogen and oxygen atoms in total. The monoisotopic (exact) mass is 202 g/mol. The summed E-state index contributed by atoms with van der Waals surface area (Å²) >= 11 is 0. The Kier molecular flexibility index (Phi) is 2.41. The predicted molar refractivity (Wildman–Crippen MR) is 62.0 cm³/mol. The fraction of sp³-hybridized carbons (Fsp3) is 0.500. The van der Waals surface area contributed by atoms with Crippen LogP contribution < -0.4 is 0 Å². The molecule has 0 fully saturated rings. The van der Waals surface area contributed by atoms with Gasteiger partial charge in [0.15, 0.2) is 0 Å². The van der Waals surface area contributed by atoms with Gasteiger partial charge in [-0.1, -0.05) is 30.7 Å². The molecule has 0 amide bonds. The molecule has 1 aliphatic rings. The third-order valence-corrected chi connectivity index (χ3v) is 3.84. The summed E-state index contributed by atoms with van der Waals surface area (Å²) in [6.45, 7) is 5.97. The van der Waals surface area contributed by atoms with Crippen molar-refractivity contribution in [2.45, 2.75) is 40.0 Å². The summed E-state index contributed by atoms with van der Waals surface area (Å²) < 4.78 is 0. The van der Waals surface area contributed by atoms with Crippen molar-refractivity contribution in [1.82, 2.24) is 0 Å². The highest BCUT2D eigenvalue weighted by Crippen LogP contribution is 2.40. The number of aryl methyl sites for hydroxylation is 1. The van der Waals surface area contributed by atoms with Gasteiger partial charge in [-0.25, -0.2) is 0 Å². The van der Waals surface area contributed by atoms with Gasteiger partial charge in [-0.2, -0.15) is 0 Å². The van der Waals surface area contributed by atoms with Crippen LogP contribution in [0.15, 0.2) is 18.2 Å². The second-order valence-corrected chi connectivity index (χ2v) is 4.82. The van der Waals surface area contributed by atoms with Crippen LogP contribution >= 0.6 is 0 Å². The Balaban J connectivity index is 2.39. The molecule has 80 valence electrons. The molecule has 1 atom stereocenters. The van der Waals surface area contributed by atoms with E-state index in [9.17, 15) is 4.79 Å². The average Bonchev–Trinajstić information content (AvgIpc) is 2.56. The zero-order valence-electron chi connectivity index (χ0n) is 9.76. The van der Waals surface area contributed by atoms with Crippen LogP contribution in [0.25, 0.3) is 0 Å². The maximum absolute atomic E-state index is 11.8. The molecule has 0 saturated carbocycles. The number of hydrogen-bond donors (Lipinski definition) is 0. The Hall–Kier alpha value is -1.11. The van der Waals surface area contributed by atoms with Crippen LogP contribution in [-0.2, 0) is 17.6 Å². The van der Waals surface area contributed by atoms with Crippen molar-refractivity contribution in [3.05, 3.63) is 34.9 Å². The lowest BCUT2D eigenvalue weighted by Crippen LogP contribution is -2.28. The number of carbonyl (C=O) groups excluding carboxylic acids is 1. The minimum absolute atomic E-state index is 0.101. The Morgan fingerprint density at radius 1 is 1.33 bits per heavy atom. The van der Waals surface area contributed by atoms with Crippen molar-refractivity contribution in [3.63, 3.8) is 0 Å². The summed E-state index contributed by atoms with van der Waals surface area (Å²) in [6, 6.07) is 6.56. The largest absolute Gasteiger partial charge is 0.299 e. The summed E-state index contributed by atoms with van der Waals surface area (Å²) in [5.74, 6) is 0.346. The van der Waals surface area contributed by atoms with Gasteiger partial charge in [-0.05, 0) is 44.2 Å². The summed E-state index contributed by atoms with van der Waals surface area (Å²) in [7, 11) is 0. The van der Waals surface area contributed by atoms with E-state index in [1.165, 1.54) is 16.7 Å². The van der Waals surface area contributed by atoms with Gasteiger partial charge < -0.3 is 0 Å². The zero-order valence-corrected chi connectivity index (χ0v) is 9.76. The Labute approximate surface area is 91.5 Å². The molecule has 15 heavy (non-hydrogen) atoms. The Morgan fingerprint density at radius 2 is 2.00 bits per heavy atom. The van der Waals surface area contributed by atoms with E-state index in [0.29, 0.717) is 5.78 Å². The van der Waals surface area contributed by atoms with Crippen LogP contribution in [0.5, 0.6) is 0 Å². The van der Waals surface area contributed by atoms with Gasteiger partial charge in [0.05, 0.1) is 0 Å². The minimum Gasteiger partial charge on any atom is -0.299 e. The molecule has 0 N–H and O–H groups in total. The molecule has 0 aromatic heterocycles. The van der Waals surface area contributed by atoms with Crippen molar-refractivity contribution < 1.29 is 4.79 Å². The van der Waals surface area contributed by atoms with Gasteiger partial charge in [0.25, 0.3) is 0 Å². The van der Waals surface area contributed by atoms with E-state index >= 15 is 0 Å². The van der Waals surface area contributed by atoms with Gasteiger partial charge in [0.2, 0.25) is 0 Å². The highest BCUT2D eigenvalue weighted by molar-refractivity contribution is 5.84. The molecule has 0 spiro atoms. The van der Waals surface area contributed by atoms with Crippen molar-refractivity contribution in [2.24, 2.45) is 5.41 Å². The van der Waals surface area contributed by atoms with Crippen LogP contribution in [0.3, 0.4) is 0 Å². The SMILES string of the molecule is CCC1(C(C)=O)Cc2ccc(C)cc2C1. The molecule has 1 aromatic carbocycles. The lowest BCUT2D eigenvalue weighted by Gasteiger charge is -2.23. The third kappa shape index (κ3) is 1.60. The fourth-order valence-corrected chi connectivity index (χ4v) is 2.63. The molecule has 0 aliphatic heterocycles. The van der Waals surface area contributed by atoms with Crippen molar-refractivity contribution in [1.29, 1.82) is 0 Å². The van der Waals surface area contributed by atoms with E-state index in [4.69, 9.17) is 0 Å². The Morgan fingerprint density at radius 3 is 2.60 bits per heavy atom. The highest BCUT2D eigenvalue weighted by atomic mass is 16.1. The predicted octanol–water partition coefficient (Wildman–Crippen LogP) is 3.08. The summed E-state index contributed by atoms with van der Waals surface area (Å²) in [5.41, 5.74) is 3.95. The van der Waals surface area contributed by atoms with Crippen LogP contribution in [0.4, 0.5) is 0 Å². The van der Waals surface area contributed by atoms with Gasteiger partial charge in [-0.3, -0.25) is 4.79 Å². The number of fused-ring (bicyclic) bond motifs is 1. The van der Waals surface area contributed by atoms with Gasteiger partial charge in [-0.15, -0.1) is 0 Å². The first kappa shape index (κ1) is 10.4. The molecule has 0 radical (unpaired) electrons. The molecule has 0 bridgehead atoms. The summed E-state index contributed by atoms with van der Waals surface area (Å²) in [4.78, 5) is 11.8. The summed E-state index contributed by atoms with van der Waals surface area (Å²) in [5, 5.41) is 0. The molecule has 1 unspecified atom stereocenters. The van der Waals surface area contributed by atoms with Gasteiger partial charge in [0, 0.05) is 5.41 Å². The molecule has 1 heteroatoms. The molecule has 1 aliphatic carbocycles. The van der Waals surface area contributed by atoms with E-state index in [1.807, 2.05) is 0 Å². The number of ketones is 1. The Bertz CT molecular complexity index is 406. The smallest absolute Gasteiger partial charge is 0.136 e.